The molecule has 3 atom stereocenters. The molecule has 0 aliphatic carbocycles. The lowest BCUT2D eigenvalue weighted by molar-refractivity contribution is -0.144. The lowest BCUT2D eigenvalue weighted by atomic mass is 9.98. The second-order valence-corrected chi connectivity index (χ2v) is 6.20. The number of carbonyl (C=O) groups is 1. The molecule has 126 valence electrons. The van der Waals surface area contributed by atoms with Gasteiger partial charge in [0.2, 0.25) is 5.91 Å². The van der Waals surface area contributed by atoms with Crippen LogP contribution in [0.3, 0.4) is 0 Å². The first-order valence-electron chi connectivity index (χ1n) is 8.33. The normalized spacial score (nSPS) is 27.6. The molecule has 23 heavy (non-hydrogen) atoms. The van der Waals surface area contributed by atoms with Crippen LogP contribution in [0.25, 0.3) is 0 Å². The number of hydrogen-bond acceptors (Lipinski definition) is 5. The predicted octanol–water partition coefficient (Wildman–Crippen LogP) is 0.966. The molecule has 2 saturated heterocycles. The van der Waals surface area contributed by atoms with Crippen molar-refractivity contribution in [2.45, 2.75) is 44.1 Å². The van der Waals surface area contributed by atoms with E-state index in [0.717, 1.165) is 44.5 Å². The van der Waals surface area contributed by atoms with Crippen molar-refractivity contribution in [3.8, 4) is 0 Å². The number of carbonyl (C=O) groups excluding carboxylic acids is 1. The minimum absolute atomic E-state index is 0.0114. The van der Waals surface area contributed by atoms with Crippen molar-refractivity contribution in [3.05, 3.63) is 30.1 Å². The Balaban J connectivity index is 1.47. The Hall–Kier alpha value is -1.50. The lowest BCUT2D eigenvalue weighted by Crippen LogP contribution is -2.48. The summed E-state index contributed by atoms with van der Waals surface area (Å²) < 4.78 is 11.2. The van der Waals surface area contributed by atoms with E-state index < -0.39 is 0 Å². The van der Waals surface area contributed by atoms with Gasteiger partial charge in [0, 0.05) is 45.2 Å². The average Bonchev–Trinajstić information content (AvgIpc) is 3.01. The van der Waals surface area contributed by atoms with E-state index in [1.165, 1.54) is 0 Å². The van der Waals surface area contributed by atoms with Crippen molar-refractivity contribution >= 4 is 5.91 Å². The number of methoxy groups -OCH3 is 1. The summed E-state index contributed by atoms with van der Waals surface area (Å²) in [5.41, 5.74) is 1.00. The largest absolute Gasteiger partial charge is 0.383 e. The van der Waals surface area contributed by atoms with Crippen LogP contribution in [0.5, 0.6) is 0 Å². The van der Waals surface area contributed by atoms with Gasteiger partial charge in [-0.3, -0.25) is 14.7 Å². The summed E-state index contributed by atoms with van der Waals surface area (Å²) in [4.78, 5) is 18.8. The number of amides is 1. The molecule has 0 spiro atoms. The number of fused-ring (bicyclic) bond motifs is 1. The predicted molar refractivity (Wildman–Crippen MR) is 85.8 cm³/mol. The zero-order valence-corrected chi connectivity index (χ0v) is 13.6. The minimum atomic E-state index is -0.324. The smallest absolute Gasteiger partial charge is 0.249 e. The van der Waals surface area contributed by atoms with Crippen LogP contribution in [0.1, 0.15) is 24.8 Å². The fourth-order valence-corrected chi connectivity index (χ4v) is 3.50. The summed E-state index contributed by atoms with van der Waals surface area (Å²) in [5, 5.41) is 2.96. The van der Waals surface area contributed by atoms with Gasteiger partial charge in [-0.25, -0.2) is 0 Å². The summed E-state index contributed by atoms with van der Waals surface area (Å²) in [7, 11) is 1.73. The Morgan fingerprint density at radius 2 is 2.39 bits per heavy atom. The Labute approximate surface area is 137 Å². The first-order valence-corrected chi connectivity index (χ1v) is 8.33. The van der Waals surface area contributed by atoms with Crippen LogP contribution in [-0.2, 0) is 20.8 Å². The number of likely N-dealkylation sites (tertiary alicyclic amines) is 1. The van der Waals surface area contributed by atoms with E-state index in [-0.39, 0.29) is 18.1 Å². The highest BCUT2D eigenvalue weighted by Crippen LogP contribution is 2.31. The van der Waals surface area contributed by atoms with Gasteiger partial charge in [0.25, 0.3) is 0 Å². The Morgan fingerprint density at radius 1 is 1.48 bits per heavy atom. The standard InChI is InChI=1S/C17H25N3O3/c1-22-10-9-20-8-6-15-14(20)4-5-16(23-15)17(21)19-12-13-3-2-7-18-11-13/h2-3,7,11,14-16H,4-6,8-10,12H2,1H3,(H,19,21)/t14-,15-,16-/m1/s1. The Kier molecular flexibility index (Phi) is 5.59. The number of nitrogens with one attached hydrogen (secondary N) is 1. The number of nitrogens with zero attached hydrogens (tertiary/aromatic N) is 2. The molecule has 3 heterocycles. The molecule has 6 nitrogen and oxygen atoms in total. The average molecular weight is 319 g/mol. The van der Waals surface area contributed by atoms with Gasteiger partial charge in [0.15, 0.2) is 0 Å². The quantitative estimate of drug-likeness (QED) is 0.846. The van der Waals surface area contributed by atoms with E-state index >= 15 is 0 Å². The molecule has 0 bridgehead atoms. The highest BCUT2D eigenvalue weighted by atomic mass is 16.5. The van der Waals surface area contributed by atoms with E-state index in [2.05, 4.69) is 15.2 Å². The maximum Gasteiger partial charge on any atom is 0.249 e. The van der Waals surface area contributed by atoms with Crippen molar-refractivity contribution in [1.82, 2.24) is 15.2 Å². The van der Waals surface area contributed by atoms with Gasteiger partial charge in [0.1, 0.15) is 6.10 Å². The van der Waals surface area contributed by atoms with Crippen LogP contribution >= 0.6 is 0 Å². The van der Waals surface area contributed by atoms with Gasteiger partial charge in [0.05, 0.1) is 12.7 Å². The summed E-state index contributed by atoms with van der Waals surface area (Å²) in [6, 6.07) is 4.26. The van der Waals surface area contributed by atoms with Crippen molar-refractivity contribution in [2.24, 2.45) is 0 Å². The number of pyridine rings is 1. The van der Waals surface area contributed by atoms with Crippen molar-refractivity contribution < 1.29 is 14.3 Å². The number of rotatable bonds is 6. The van der Waals surface area contributed by atoms with Gasteiger partial charge in [-0.05, 0) is 30.9 Å². The van der Waals surface area contributed by atoms with Gasteiger partial charge >= 0.3 is 0 Å². The number of ether oxygens (including phenoxy) is 2. The molecular weight excluding hydrogens is 294 g/mol. The van der Waals surface area contributed by atoms with Crippen LogP contribution in [0, 0.1) is 0 Å². The third-order valence-corrected chi connectivity index (χ3v) is 4.73. The summed E-state index contributed by atoms with van der Waals surface area (Å²) in [5.74, 6) is -0.0114. The first kappa shape index (κ1) is 16.4. The van der Waals surface area contributed by atoms with Crippen molar-refractivity contribution in [2.75, 3.05) is 26.8 Å². The lowest BCUT2D eigenvalue weighted by Gasteiger charge is -2.35. The molecule has 2 fully saturated rings. The fraction of sp³-hybridized carbons (Fsp3) is 0.647. The summed E-state index contributed by atoms with van der Waals surface area (Å²) in [6.45, 7) is 3.22. The zero-order chi connectivity index (χ0) is 16.1. The molecular formula is C17H25N3O3. The second-order valence-electron chi connectivity index (χ2n) is 6.20. The van der Waals surface area contributed by atoms with Crippen LogP contribution in [0.15, 0.2) is 24.5 Å². The molecule has 6 heteroatoms. The molecule has 2 aliphatic rings. The highest BCUT2D eigenvalue weighted by molar-refractivity contribution is 5.80. The molecule has 1 amide bonds. The number of aromatic nitrogens is 1. The Morgan fingerprint density at radius 3 is 3.17 bits per heavy atom. The van der Waals surface area contributed by atoms with E-state index in [1.54, 1.807) is 19.5 Å². The molecule has 1 aromatic rings. The molecule has 3 rings (SSSR count). The van der Waals surface area contributed by atoms with E-state index in [9.17, 15) is 4.79 Å². The first-order chi connectivity index (χ1) is 11.3. The third-order valence-electron chi connectivity index (χ3n) is 4.73. The van der Waals surface area contributed by atoms with Crippen LogP contribution in [-0.4, -0.2) is 60.8 Å². The van der Waals surface area contributed by atoms with Crippen LogP contribution in [0.4, 0.5) is 0 Å². The molecule has 0 aromatic carbocycles. The Bertz CT molecular complexity index is 511. The minimum Gasteiger partial charge on any atom is -0.383 e. The maximum absolute atomic E-state index is 12.3. The molecule has 2 aliphatic heterocycles. The van der Waals surface area contributed by atoms with E-state index in [0.29, 0.717) is 12.6 Å². The van der Waals surface area contributed by atoms with Crippen molar-refractivity contribution in [3.63, 3.8) is 0 Å². The fourth-order valence-electron chi connectivity index (χ4n) is 3.50. The van der Waals surface area contributed by atoms with Gasteiger partial charge < -0.3 is 14.8 Å². The summed E-state index contributed by atoms with van der Waals surface area (Å²) >= 11 is 0. The molecule has 1 N–H and O–H groups in total. The van der Waals surface area contributed by atoms with Gasteiger partial charge in [-0.1, -0.05) is 6.07 Å². The topological polar surface area (TPSA) is 63.7 Å². The zero-order valence-electron chi connectivity index (χ0n) is 13.6. The molecule has 0 unspecified atom stereocenters. The monoisotopic (exact) mass is 319 g/mol. The SMILES string of the molecule is COCCN1CC[C@H]2O[C@@H](C(=O)NCc3cccnc3)CC[C@H]21. The number of hydrogen-bond donors (Lipinski definition) is 1. The summed E-state index contributed by atoms with van der Waals surface area (Å²) in [6.07, 6.45) is 6.14. The van der Waals surface area contributed by atoms with Crippen molar-refractivity contribution in [1.29, 1.82) is 0 Å². The van der Waals surface area contributed by atoms with Gasteiger partial charge in [-0.2, -0.15) is 0 Å². The van der Waals surface area contributed by atoms with Crippen LogP contribution < -0.4 is 5.32 Å². The molecule has 1 aromatic heterocycles. The second kappa shape index (κ2) is 7.86. The highest BCUT2D eigenvalue weighted by Gasteiger charge is 2.41. The third kappa shape index (κ3) is 4.07. The van der Waals surface area contributed by atoms with Gasteiger partial charge in [-0.15, -0.1) is 0 Å². The van der Waals surface area contributed by atoms with Crippen LogP contribution in [0.2, 0.25) is 0 Å². The maximum atomic E-state index is 12.3. The van der Waals surface area contributed by atoms with E-state index in [4.69, 9.17) is 9.47 Å². The molecule has 0 saturated carbocycles. The van der Waals surface area contributed by atoms with E-state index in [1.807, 2.05) is 12.1 Å². The molecule has 0 radical (unpaired) electrons.